The number of hydrogen-bond acceptors (Lipinski definition) is 2. The van der Waals surface area contributed by atoms with E-state index in [4.69, 9.17) is 11.6 Å². The van der Waals surface area contributed by atoms with Gasteiger partial charge in [0.15, 0.2) is 23.3 Å². The second-order valence-electron chi connectivity index (χ2n) is 5.91. The largest absolute Gasteiger partial charge is 0.380 e. The summed E-state index contributed by atoms with van der Waals surface area (Å²) in [5.41, 5.74) is -0.336. The van der Waals surface area contributed by atoms with E-state index in [0.717, 1.165) is 0 Å². The van der Waals surface area contributed by atoms with E-state index in [1.807, 2.05) is 0 Å². The van der Waals surface area contributed by atoms with Crippen molar-refractivity contribution in [3.05, 3.63) is 93.8 Å². The quantitative estimate of drug-likeness (QED) is 0.303. The number of para-hydroxylation sites is 1. The highest BCUT2D eigenvalue weighted by molar-refractivity contribution is 6.30. The van der Waals surface area contributed by atoms with Gasteiger partial charge >= 0.3 is 0 Å². The van der Waals surface area contributed by atoms with Gasteiger partial charge in [-0.2, -0.15) is 0 Å². The molecule has 0 atom stereocenters. The molecule has 0 aliphatic heterocycles. The minimum Gasteiger partial charge on any atom is -0.380 e. The van der Waals surface area contributed by atoms with Crippen molar-refractivity contribution >= 4 is 28.9 Å². The molecule has 0 bridgehead atoms. The van der Waals surface area contributed by atoms with Crippen LogP contribution in [0, 0.1) is 29.1 Å². The maximum absolute atomic E-state index is 13.8. The van der Waals surface area contributed by atoms with Crippen molar-refractivity contribution in [3.8, 4) is 0 Å². The predicted octanol–water partition coefficient (Wildman–Crippen LogP) is 5.90. The Bertz CT molecular complexity index is 1040. The van der Waals surface area contributed by atoms with Gasteiger partial charge in [-0.3, -0.25) is 4.79 Å². The fraction of sp³-hybridized carbons (Fsp3) is 0.0500. The second kappa shape index (κ2) is 8.48. The Kier molecular flexibility index (Phi) is 6.03. The molecular weight excluding hydrogens is 415 g/mol. The molecule has 3 nitrogen and oxygen atoms in total. The third-order valence-electron chi connectivity index (χ3n) is 4.03. The van der Waals surface area contributed by atoms with Gasteiger partial charge in [-0.05, 0) is 36.4 Å². The van der Waals surface area contributed by atoms with Crippen molar-refractivity contribution in [2.24, 2.45) is 0 Å². The van der Waals surface area contributed by atoms with Crippen LogP contribution < -0.4 is 10.6 Å². The van der Waals surface area contributed by atoms with E-state index in [-0.39, 0.29) is 11.3 Å². The molecule has 0 saturated heterocycles. The lowest BCUT2D eigenvalue weighted by atomic mass is 10.1. The average Bonchev–Trinajstić information content (AvgIpc) is 2.72. The average molecular weight is 427 g/mol. The molecule has 0 aliphatic rings. The fourth-order valence-electron chi connectivity index (χ4n) is 2.56. The first-order valence-electron chi connectivity index (χ1n) is 8.19. The highest BCUT2D eigenvalue weighted by Crippen LogP contribution is 2.25. The van der Waals surface area contributed by atoms with Crippen LogP contribution in [0.2, 0.25) is 5.02 Å². The van der Waals surface area contributed by atoms with Gasteiger partial charge in [-0.15, -0.1) is 0 Å². The molecule has 0 aliphatic carbocycles. The summed E-state index contributed by atoms with van der Waals surface area (Å²) in [6.07, 6.45) is 0. The van der Waals surface area contributed by atoms with E-state index in [9.17, 15) is 26.7 Å². The Hall–Kier alpha value is -3.13. The van der Waals surface area contributed by atoms with E-state index in [1.165, 1.54) is 12.1 Å². The number of hydrogen-bond donors (Lipinski definition) is 2. The minimum absolute atomic E-state index is 0.103. The topological polar surface area (TPSA) is 41.1 Å². The van der Waals surface area contributed by atoms with Gasteiger partial charge in [0.1, 0.15) is 0 Å². The van der Waals surface area contributed by atoms with E-state index < -0.39 is 47.1 Å². The summed E-state index contributed by atoms with van der Waals surface area (Å²) in [4.78, 5) is 12.5. The van der Waals surface area contributed by atoms with Crippen molar-refractivity contribution in [1.82, 2.24) is 0 Å². The molecule has 29 heavy (non-hydrogen) atoms. The molecule has 0 unspecified atom stereocenters. The first-order chi connectivity index (χ1) is 13.8. The summed E-state index contributed by atoms with van der Waals surface area (Å²) >= 11 is 5.79. The minimum atomic E-state index is -2.23. The summed E-state index contributed by atoms with van der Waals surface area (Å²) in [5.74, 6) is -10.7. The molecule has 150 valence electrons. The van der Waals surface area contributed by atoms with E-state index in [0.29, 0.717) is 10.7 Å². The molecule has 0 aromatic heterocycles. The number of amides is 1. The Morgan fingerprint density at radius 3 is 1.97 bits per heavy atom. The molecule has 9 heteroatoms. The van der Waals surface area contributed by atoms with Gasteiger partial charge in [-0.25, -0.2) is 22.0 Å². The number of carbonyl (C=O) groups is 1. The van der Waals surface area contributed by atoms with Crippen LogP contribution in [0.15, 0.2) is 48.5 Å². The first-order valence-corrected chi connectivity index (χ1v) is 8.57. The zero-order chi connectivity index (χ0) is 21.1. The smallest absolute Gasteiger partial charge is 0.257 e. The molecule has 0 heterocycles. The monoisotopic (exact) mass is 426 g/mol. The lowest BCUT2D eigenvalue weighted by molar-refractivity contribution is 0.102. The number of rotatable bonds is 5. The maximum atomic E-state index is 13.8. The summed E-state index contributed by atoms with van der Waals surface area (Å²) < 4.78 is 67.5. The van der Waals surface area contributed by atoms with Crippen LogP contribution in [0.4, 0.5) is 33.3 Å². The van der Waals surface area contributed by atoms with E-state index in [1.54, 1.807) is 36.4 Å². The fourth-order valence-corrected chi connectivity index (χ4v) is 2.68. The first kappa shape index (κ1) is 20.6. The standard InChI is InChI=1S/C20H12ClF5N2O/c21-10-5-7-11(8-6-10)28-20(29)12-3-1-2-4-14(12)27-9-13-15(22)17(24)19(26)18(25)16(13)23/h1-8,27H,9H2,(H,28,29). The highest BCUT2D eigenvalue weighted by atomic mass is 35.5. The molecule has 0 radical (unpaired) electrons. The van der Waals surface area contributed by atoms with Crippen LogP contribution in [-0.2, 0) is 6.54 Å². The molecule has 1 amide bonds. The Morgan fingerprint density at radius 1 is 0.793 bits per heavy atom. The summed E-state index contributed by atoms with van der Waals surface area (Å²) in [7, 11) is 0. The maximum Gasteiger partial charge on any atom is 0.257 e. The molecule has 3 aromatic rings. The van der Waals surface area contributed by atoms with Gasteiger partial charge in [0.05, 0.1) is 5.56 Å². The van der Waals surface area contributed by atoms with E-state index in [2.05, 4.69) is 10.6 Å². The van der Waals surface area contributed by atoms with E-state index >= 15 is 0 Å². The SMILES string of the molecule is O=C(Nc1ccc(Cl)cc1)c1ccccc1NCc1c(F)c(F)c(F)c(F)c1F. The number of benzene rings is 3. The molecule has 2 N–H and O–H groups in total. The normalized spacial score (nSPS) is 10.7. The molecular formula is C20H12ClF5N2O. The Morgan fingerprint density at radius 2 is 1.34 bits per heavy atom. The molecule has 3 rings (SSSR count). The Labute approximate surface area is 167 Å². The van der Waals surface area contributed by atoms with Gasteiger partial charge in [0.2, 0.25) is 5.82 Å². The summed E-state index contributed by atoms with van der Waals surface area (Å²) in [6, 6.07) is 12.3. The molecule has 0 saturated carbocycles. The molecule has 0 spiro atoms. The van der Waals surface area contributed by atoms with Crippen LogP contribution in [0.3, 0.4) is 0 Å². The zero-order valence-corrected chi connectivity index (χ0v) is 15.3. The third-order valence-corrected chi connectivity index (χ3v) is 4.28. The van der Waals surface area contributed by atoms with Crippen molar-refractivity contribution < 1.29 is 26.7 Å². The van der Waals surface area contributed by atoms with Crippen molar-refractivity contribution in [2.75, 3.05) is 10.6 Å². The van der Waals surface area contributed by atoms with Gasteiger partial charge in [0, 0.05) is 28.5 Å². The number of carbonyl (C=O) groups excluding carboxylic acids is 1. The van der Waals surface area contributed by atoms with Crippen molar-refractivity contribution in [3.63, 3.8) is 0 Å². The predicted molar refractivity (Wildman–Crippen MR) is 99.4 cm³/mol. The van der Waals surface area contributed by atoms with Gasteiger partial charge in [0.25, 0.3) is 5.91 Å². The molecule has 3 aromatic carbocycles. The summed E-state index contributed by atoms with van der Waals surface area (Å²) in [6.45, 7) is -0.725. The second-order valence-corrected chi connectivity index (χ2v) is 6.35. The highest BCUT2D eigenvalue weighted by Gasteiger charge is 2.25. The van der Waals surface area contributed by atoms with Crippen LogP contribution in [0.5, 0.6) is 0 Å². The third kappa shape index (κ3) is 4.32. The molecule has 0 fully saturated rings. The summed E-state index contributed by atoms with van der Waals surface area (Å²) in [5, 5.41) is 5.64. The van der Waals surface area contributed by atoms with Crippen LogP contribution in [0.1, 0.15) is 15.9 Å². The van der Waals surface area contributed by atoms with Crippen molar-refractivity contribution in [1.29, 1.82) is 0 Å². The van der Waals surface area contributed by atoms with Crippen LogP contribution in [-0.4, -0.2) is 5.91 Å². The zero-order valence-electron chi connectivity index (χ0n) is 14.5. The Balaban J connectivity index is 1.83. The van der Waals surface area contributed by atoms with Crippen LogP contribution >= 0.6 is 11.6 Å². The number of anilines is 2. The van der Waals surface area contributed by atoms with Crippen molar-refractivity contribution in [2.45, 2.75) is 6.54 Å². The lowest BCUT2D eigenvalue weighted by Crippen LogP contribution is -2.16. The number of nitrogens with one attached hydrogen (secondary N) is 2. The van der Waals surface area contributed by atoms with Crippen LogP contribution in [0.25, 0.3) is 0 Å². The number of halogens is 6. The lowest BCUT2D eigenvalue weighted by Gasteiger charge is -2.14. The van der Waals surface area contributed by atoms with Gasteiger partial charge < -0.3 is 10.6 Å². The van der Waals surface area contributed by atoms with Gasteiger partial charge in [-0.1, -0.05) is 23.7 Å².